The molecule has 5 rings (SSSR count). The Morgan fingerprint density at radius 1 is 1.22 bits per heavy atom. The summed E-state index contributed by atoms with van der Waals surface area (Å²) in [4.78, 5) is 0. The SMILES string of the molecule is CO[C@@H]1[C@@H](n2cc(-c3ccc(Cl)c(F)c3F)nn2)[C@@H](O)[C@@H](CO)O[C@@H]1Cc1cc(C2(C)CCCC2)no1. The van der Waals surface area contributed by atoms with Gasteiger partial charge in [0.25, 0.3) is 0 Å². The predicted octanol–water partition coefficient (Wildman–Crippen LogP) is 3.62. The van der Waals surface area contributed by atoms with E-state index in [0.717, 1.165) is 31.4 Å². The van der Waals surface area contributed by atoms with Crippen molar-refractivity contribution in [3.63, 3.8) is 0 Å². The molecule has 0 spiro atoms. The first-order valence-electron chi connectivity index (χ1n) is 12.2. The van der Waals surface area contributed by atoms with Gasteiger partial charge >= 0.3 is 0 Å². The highest BCUT2D eigenvalue weighted by Gasteiger charge is 2.47. The van der Waals surface area contributed by atoms with E-state index < -0.39 is 48.7 Å². The number of halogens is 3. The van der Waals surface area contributed by atoms with Crippen LogP contribution in [0.1, 0.15) is 50.1 Å². The number of hydrogen-bond acceptors (Lipinski definition) is 8. The predicted molar refractivity (Wildman–Crippen MR) is 128 cm³/mol. The van der Waals surface area contributed by atoms with Crippen molar-refractivity contribution in [2.75, 3.05) is 13.7 Å². The van der Waals surface area contributed by atoms with Crippen LogP contribution in [0.2, 0.25) is 5.02 Å². The molecule has 0 bridgehead atoms. The van der Waals surface area contributed by atoms with Crippen LogP contribution in [0.5, 0.6) is 0 Å². The van der Waals surface area contributed by atoms with E-state index >= 15 is 0 Å². The number of benzene rings is 1. The molecule has 9 nitrogen and oxygen atoms in total. The summed E-state index contributed by atoms with van der Waals surface area (Å²) in [5.41, 5.74) is 0.797. The fourth-order valence-electron chi connectivity index (χ4n) is 5.50. The molecule has 12 heteroatoms. The van der Waals surface area contributed by atoms with E-state index in [1.54, 1.807) is 0 Å². The van der Waals surface area contributed by atoms with Gasteiger partial charge in [0.2, 0.25) is 0 Å². The second-order valence-corrected chi connectivity index (χ2v) is 10.4. The van der Waals surface area contributed by atoms with E-state index in [1.807, 2.05) is 6.07 Å². The van der Waals surface area contributed by atoms with E-state index in [0.29, 0.717) is 5.76 Å². The Morgan fingerprint density at radius 2 is 1.97 bits per heavy atom. The van der Waals surface area contributed by atoms with Crippen molar-refractivity contribution in [3.8, 4) is 11.3 Å². The van der Waals surface area contributed by atoms with E-state index in [1.165, 1.54) is 30.1 Å². The van der Waals surface area contributed by atoms with Crippen LogP contribution >= 0.6 is 11.6 Å². The number of aromatic nitrogens is 4. The van der Waals surface area contributed by atoms with Gasteiger partial charge in [-0.15, -0.1) is 5.10 Å². The van der Waals surface area contributed by atoms with Gasteiger partial charge in [0.1, 0.15) is 35.8 Å². The molecule has 5 atom stereocenters. The summed E-state index contributed by atoms with van der Waals surface area (Å²) >= 11 is 5.66. The molecule has 1 saturated heterocycles. The maximum absolute atomic E-state index is 14.5. The van der Waals surface area contributed by atoms with Crippen LogP contribution in [0.3, 0.4) is 0 Å². The molecule has 1 saturated carbocycles. The van der Waals surface area contributed by atoms with Crippen molar-refractivity contribution in [2.24, 2.45) is 0 Å². The van der Waals surface area contributed by atoms with E-state index in [-0.39, 0.29) is 28.1 Å². The van der Waals surface area contributed by atoms with Crippen molar-refractivity contribution < 1.29 is 33.0 Å². The molecule has 3 heterocycles. The zero-order valence-electron chi connectivity index (χ0n) is 20.5. The Hall–Kier alpha value is -2.44. The highest BCUT2D eigenvalue weighted by molar-refractivity contribution is 6.30. The number of ether oxygens (including phenoxy) is 2. The van der Waals surface area contributed by atoms with Gasteiger partial charge in [-0.1, -0.05) is 41.7 Å². The minimum Gasteiger partial charge on any atom is -0.394 e. The lowest BCUT2D eigenvalue weighted by molar-refractivity contribution is -0.212. The van der Waals surface area contributed by atoms with Crippen LogP contribution in [-0.2, 0) is 21.3 Å². The molecule has 2 fully saturated rings. The normalized spacial score (nSPS) is 27.6. The lowest BCUT2D eigenvalue weighted by Crippen LogP contribution is -2.57. The Balaban J connectivity index is 1.43. The molecule has 1 aromatic carbocycles. The zero-order chi connectivity index (χ0) is 26.3. The molecule has 2 aliphatic rings. The second-order valence-electron chi connectivity index (χ2n) is 10.0. The highest BCUT2D eigenvalue weighted by atomic mass is 35.5. The summed E-state index contributed by atoms with van der Waals surface area (Å²) in [5.74, 6) is -1.74. The molecule has 200 valence electrons. The van der Waals surface area contributed by atoms with Gasteiger partial charge in [-0.05, 0) is 25.0 Å². The van der Waals surface area contributed by atoms with E-state index in [9.17, 15) is 19.0 Å². The second kappa shape index (κ2) is 10.4. The molecule has 2 N–H and O–H groups in total. The Labute approximate surface area is 217 Å². The van der Waals surface area contributed by atoms with E-state index in [2.05, 4.69) is 22.4 Å². The largest absolute Gasteiger partial charge is 0.394 e. The molecule has 2 aromatic heterocycles. The third-order valence-electron chi connectivity index (χ3n) is 7.65. The van der Waals surface area contributed by atoms with Crippen LogP contribution in [-0.4, -0.2) is 68.5 Å². The number of aliphatic hydroxyl groups is 2. The quantitative estimate of drug-likeness (QED) is 0.438. The molecule has 1 aliphatic heterocycles. The Morgan fingerprint density at radius 3 is 2.68 bits per heavy atom. The number of methoxy groups -OCH3 is 1. The van der Waals surface area contributed by atoms with Crippen LogP contribution < -0.4 is 0 Å². The van der Waals surface area contributed by atoms with Crippen molar-refractivity contribution in [1.29, 1.82) is 0 Å². The van der Waals surface area contributed by atoms with Gasteiger partial charge in [0.15, 0.2) is 11.6 Å². The molecule has 0 amide bonds. The third-order valence-corrected chi connectivity index (χ3v) is 7.94. The number of hydrogen-bond donors (Lipinski definition) is 2. The van der Waals surface area contributed by atoms with Crippen molar-refractivity contribution in [2.45, 2.75) is 74.9 Å². The summed E-state index contributed by atoms with van der Waals surface area (Å²) in [6.45, 7) is 1.73. The molecule has 3 aromatic rings. The zero-order valence-corrected chi connectivity index (χ0v) is 21.2. The van der Waals surface area contributed by atoms with Gasteiger partial charge in [-0.3, -0.25) is 0 Å². The first-order chi connectivity index (χ1) is 17.8. The topological polar surface area (TPSA) is 116 Å². The fraction of sp³-hybridized carbons (Fsp3) is 0.560. The number of aliphatic hydroxyl groups excluding tert-OH is 2. The van der Waals surface area contributed by atoms with Gasteiger partial charge in [0, 0.05) is 30.6 Å². The fourth-order valence-corrected chi connectivity index (χ4v) is 5.65. The summed E-state index contributed by atoms with van der Waals surface area (Å²) in [7, 11) is 1.47. The lowest BCUT2D eigenvalue weighted by Gasteiger charge is -2.43. The maximum atomic E-state index is 14.5. The van der Waals surface area contributed by atoms with E-state index in [4.69, 9.17) is 25.6 Å². The van der Waals surface area contributed by atoms with Gasteiger partial charge in [-0.25, -0.2) is 13.5 Å². The number of rotatable bonds is 7. The van der Waals surface area contributed by atoms with Crippen LogP contribution in [0, 0.1) is 11.6 Å². The summed E-state index contributed by atoms with van der Waals surface area (Å²) in [6.07, 6.45) is 2.51. The number of nitrogens with zero attached hydrogens (tertiary/aromatic N) is 4. The van der Waals surface area contributed by atoms with Gasteiger partial charge in [-0.2, -0.15) is 0 Å². The minimum absolute atomic E-state index is 0.0181. The van der Waals surface area contributed by atoms with Gasteiger partial charge in [0.05, 0.1) is 29.6 Å². The average molecular weight is 539 g/mol. The monoisotopic (exact) mass is 538 g/mol. The molecule has 37 heavy (non-hydrogen) atoms. The summed E-state index contributed by atoms with van der Waals surface area (Å²) < 4.78 is 47.2. The molecule has 0 unspecified atom stereocenters. The first-order valence-corrected chi connectivity index (χ1v) is 12.6. The Kier molecular flexibility index (Phi) is 7.34. The summed E-state index contributed by atoms with van der Waals surface area (Å²) in [6, 6.07) is 3.61. The van der Waals surface area contributed by atoms with Crippen LogP contribution in [0.25, 0.3) is 11.3 Å². The molecular weight excluding hydrogens is 510 g/mol. The van der Waals surface area contributed by atoms with Crippen LogP contribution in [0.4, 0.5) is 8.78 Å². The minimum atomic E-state index is -1.23. The van der Waals surface area contributed by atoms with Crippen LogP contribution in [0.15, 0.2) is 28.9 Å². The van der Waals surface area contributed by atoms with Crippen molar-refractivity contribution in [1.82, 2.24) is 20.2 Å². The lowest BCUT2D eigenvalue weighted by atomic mass is 9.85. The average Bonchev–Trinajstić information content (AvgIpc) is 3.65. The standard InChI is InChI=1S/C25H29ClF2N4O5/c1-25(7-3-4-8-25)19-10-13(37-30-19)9-17-24(35-2)22(23(34)18(12-33)36-17)32-11-16(29-31-32)14-5-6-15(26)21(28)20(14)27/h5-6,10-11,17-18,22-24,33-34H,3-4,7-9,12H2,1-2H3/t17-,18-,22+,23+,24+/m1/s1. The smallest absolute Gasteiger partial charge is 0.178 e. The molecular formula is C25H29ClF2N4O5. The Bertz CT molecular complexity index is 1250. The maximum Gasteiger partial charge on any atom is 0.178 e. The molecule has 0 radical (unpaired) electrons. The van der Waals surface area contributed by atoms with Gasteiger partial charge < -0.3 is 24.2 Å². The highest BCUT2D eigenvalue weighted by Crippen LogP contribution is 2.41. The first kappa shape index (κ1) is 26.2. The molecule has 1 aliphatic carbocycles. The van der Waals surface area contributed by atoms with Crippen molar-refractivity contribution in [3.05, 3.63) is 52.5 Å². The third kappa shape index (κ3) is 4.79. The van der Waals surface area contributed by atoms with Crippen molar-refractivity contribution >= 4 is 11.6 Å². The summed E-state index contributed by atoms with van der Waals surface area (Å²) in [5, 5.41) is 32.9.